The summed E-state index contributed by atoms with van der Waals surface area (Å²) in [5.74, 6) is -6.01. The molecule has 0 aromatic rings. The normalized spacial score (nSPS) is 8.09. The average molecular weight is 353 g/mol. The Kier molecular flexibility index (Phi) is 43.3. The van der Waals surface area contributed by atoms with Crippen LogP contribution in [0.15, 0.2) is 5.16 Å². The molecule has 22 heavy (non-hydrogen) atoms. The SMILES string of the molecule is O=C([O-])CC(=N[O-])C(=O)O.O=C([O-])CCC(=O)[O-].[Na+].[Na+].[Na+].[Na+]. The van der Waals surface area contributed by atoms with Crippen molar-refractivity contribution in [1.29, 1.82) is 0 Å². The van der Waals surface area contributed by atoms with Gasteiger partial charge in [-0.1, -0.05) is 0 Å². The number of carboxylic acid groups (broad SMARTS) is 4. The zero-order valence-electron chi connectivity index (χ0n) is 12.8. The fourth-order valence-electron chi connectivity index (χ4n) is 0.488. The second kappa shape index (κ2) is 24.6. The van der Waals surface area contributed by atoms with Crippen LogP contribution < -0.4 is 134 Å². The monoisotopic (exact) mass is 353 g/mol. The van der Waals surface area contributed by atoms with Crippen molar-refractivity contribution in [2.45, 2.75) is 19.3 Å². The first-order chi connectivity index (χ1) is 8.20. The number of nitrogens with zero attached hydrogens (tertiary/aromatic N) is 1. The zero-order valence-corrected chi connectivity index (χ0v) is 20.8. The van der Waals surface area contributed by atoms with Gasteiger partial charge in [-0.25, -0.2) is 4.79 Å². The van der Waals surface area contributed by atoms with E-state index in [2.05, 4.69) is 0 Å². The van der Waals surface area contributed by atoms with Crippen LogP contribution in [-0.2, 0) is 19.2 Å². The molecule has 0 aliphatic heterocycles. The third-order valence-corrected chi connectivity index (χ3v) is 1.20. The summed E-state index contributed by atoms with van der Waals surface area (Å²) in [4.78, 5) is 38.5. The minimum absolute atomic E-state index is 0. The fourth-order valence-corrected chi connectivity index (χ4v) is 0.488. The summed E-state index contributed by atoms with van der Waals surface area (Å²) in [6.07, 6.45) is -1.90. The van der Waals surface area contributed by atoms with E-state index in [0.29, 0.717) is 0 Å². The van der Waals surface area contributed by atoms with Crippen LogP contribution in [-0.4, -0.2) is 34.7 Å². The Morgan fingerprint density at radius 2 is 1.09 bits per heavy atom. The van der Waals surface area contributed by atoms with E-state index in [9.17, 15) is 39.7 Å². The molecule has 0 aliphatic carbocycles. The van der Waals surface area contributed by atoms with Crippen molar-refractivity contribution >= 4 is 29.6 Å². The van der Waals surface area contributed by atoms with Gasteiger partial charge < -0.3 is 45.2 Å². The minimum atomic E-state index is -1.64. The van der Waals surface area contributed by atoms with Crippen LogP contribution in [0.2, 0.25) is 0 Å². The van der Waals surface area contributed by atoms with E-state index in [1.807, 2.05) is 5.16 Å². The molecule has 0 saturated heterocycles. The van der Waals surface area contributed by atoms with Gasteiger partial charge in [-0.2, -0.15) is 0 Å². The molecule has 0 spiro atoms. The molecule has 0 aliphatic rings. The van der Waals surface area contributed by atoms with Crippen molar-refractivity contribution in [3.05, 3.63) is 5.21 Å². The van der Waals surface area contributed by atoms with Crippen molar-refractivity contribution in [3.63, 3.8) is 0 Å². The second-order valence-corrected chi connectivity index (χ2v) is 2.64. The van der Waals surface area contributed by atoms with E-state index in [0.717, 1.165) is 0 Å². The Morgan fingerprint density at radius 1 is 0.773 bits per heavy atom. The molecule has 0 bridgehead atoms. The maximum absolute atomic E-state index is 9.84. The molecule has 0 atom stereocenters. The predicted molar refractivity (Wildman–Crippen MR) is 47.3 cm³/mol. The van der Waals surface area contributed by atoms with Crippen LogP contribution in [0.25, 0.3) is 0 Å². The summed E-state index contributed by atoms with van der Waals surface area (Å²) >= 11 is 0. The topological polar surface area (TPSA) is 193 Å². The zero-order chi connectivity index (χ0) is 14.7. The van der Waals surface area contributed by atoms with E-state index in [1.54, 1.807) is 0 Å². The summed E-state index contributed by atoms with van der Waals surface area (Å²) in [7, 11) is 0. The molecule has 0 radical (unpaired) electrons. The number of hydrogen-bond acceptors (Lipinski definition) is 9. The molecule has 0 rings (SSSR count). The van der Waals surface area contributed by atoms with Gasteiger partial charge in [-0.15, -0.1) is 0 Å². The number of rotatable bonds is 6. The number of carbonyl (C=O) groups is 4. The van der Waals surface area contributed by atoms with E-state index < -0.39 is 48.9 Å². The standard InChI is InChI=1S/C4H5NO5.C4H6O4.4Na/c6-3(7)1-2(5-10)4(8)9;5-3(6)1-2-4(7)8;;;;/h10H,1H2,(H,6,7)(H,8,9);1-2H2,(H,5,6)(H,7,8);;;;/q;;4*+1/p-4. The summed E-state index contributed by atoms with van der Waals surface area (Å²) in [6, 6.07) is 0. The van der Waals surface area contributed by atoms with Crippen molar-refractivity contribution in [2.75, 3.05) is 0 Å². The van der Waals surface area contributed by atoms with E-state index >= 15 is 0 Å². The second-order valence-electron chi connectivity index (χ2n) is 2.64. The summed E-state index contributed by atoms with van der Waals surface area (Å²) in [5.41, 5.74) is -0.958. The van der Waals surface area contributed by atoms with Crippen LogP contribution >= 0.6 is 0 Å². The molecule has 102 valence electrons. The van der Waals surface area contributed by atoms with Gasteiger partial charge in [0.1, 0.15) is 5.71 Å². The largest absolute Gasteiger partial charge is 1.00 e. The number of hydrogen-bond donors (Lipinski definition) is 1. The van der Waals surface area contributed by atoms with E-state index in [-0.39, 0.29) is 118 Å². The molecule has 0 aromatic carbocycles. The Bertz CT molecular complexity index is 361. The van der Waals surface area contributed by atoms with Gasteiger partial charge in [0.2, 0.25) is 0 Å². The first-order valence-electron chi connectivity index (χ1n) is 4.22. The third kappa shape index (κ3) is 33.1. The average Bonchev–Trinajstić information content (AvgIpc) is 2.23. The van der Waals surface area contributed by atoms with Gasteiger partial charge in [0.25, 0.3) is 0 Å². The molecular formula is C8H7NNa4O9. The molecule has 0 saturated carbocycles. The number of carbonyl (C=O) groups excluding carboxylic acids is 3. The quantitative estimate of drug-likeness (QED) is 0.274. The molecule has 10 nitrogen and oxygen atoms in total. The van der Waals surface area contributed by atoms with Crippen molar-refractivity contribution in [2.24, 2.45) is 5.16 Å². The van der Waals surface area contributed by atoms with Gasteiger partial charge in [-0.05, 0) is 12.8 Å². The molecule has 14 heteroatoms. The summed E-state index contributed by atoms with van der Waals surface area (Å²) in [6.45, 7) is 0. The summed E-state index contributed by atoms with van der Waals surface area (Å²) < 4.78 is 0. The van der Waals surface area contributed by atoms with Crippen LogP contribution in [0.1, 0.15) is 19.3 Å². The molecule has 0 fully saturated rings. The Morgan fingerprint density at radius 3 is 1.18 bits per heavy atom. The van der Waals surface area contributed by atoms with E-state index in [4.69, 9.17) is 5.11 Å². The molecule has 0 amide bonds. The Hall–Kier alpha value is 1.35. The Balaban J connectivity index is -0.0000000500. The molecule has 0 unspecified atom stereocenters. The molecular weight excluding hydrogens is 346 g/mol. The van der Waals surface area contributed by atoms with Gasteiger partial charge in [0, 0.05) is 24.3 Å². The van der Waals surface area contributed by atoms with Crippen LogP contribution in [0.4, 0.5) is 0 Å². The predicted octanol–water partition coefficient (Wildman–Crippen LogP) is -16.6. The summed E-state index contributed by atoms with van der Waals surface area (Å²) in [5, 5.41) is 48.2. The van der Waals surface area contributed by atoms with E-state index in [1.165, 1.54) is 0 Å². The number of carboxylic acids is 4. The van der Waals surface area contributed by atoms with Crippen LogP contribution in [0.5, 0.6) is 0 Å². The maximum atomic E-state index is 9.84. The van der Waals surface area contributed by atoms with Gasteiger partial charge in [0.15, 0.2) is 0 Å². The molecule has 0 heterocycles. The minimum Gasteiger partial charge on any atom is -0.792 e. The fraction of sp³-hybridized carbons (Fsp3) is 0.375. The first kappa shape index (κ1) is 38.7. The third-order valence-electron chi connectivity index (χ3n) is 1.20. The molecule has 0 aromatic heterocycles. The van der Waals surface area contributed by atoms with Crippen molar-refractivity contribution in [3.8, 4) is 0 Å². The van der Waals surface area contributed by atoms with Crippen molar-refractivity contribution < 1.29 is 158 Å². The van der Waals surface area contributed by atoms with Gasteiger partial charge >= 0.3 is 124 Å². The smallest absolute Gasteiger partial charge is 0.792 e. The van der Waals surface area contributed by atoms with Gasteiger partial charge in [-0.3, -0.25) is 0 Å². The first-order valence-corrected chi connectivity index (χ1v) is 4.22. The van der Waals surface area contributed by atoms with Crippen LogP contribution in [0.3, 0.4) is 0 Å². The van der Waals surface area contributed by atoms with Crippen LogP contribution in [0, 0.1) is 5.21 Å². The maximum Gasteiger partial charge on any atom is 1.00 e. The van der Waals surface area contributed by atoms with Crippen molar-refractivity contribution in [1.82, 2.24) is 0 Å². The molecule has 1 N–H and O–H groups in total. The van der Waals surface area contributed by atoms with Gasteiger partial charge in [0.05, 0.1) is 0 Å². The number of aliphatic carboxylic acids is 4. The Labute approximate surface area is 213 Å².